The third-order valence-electron chi connectivity index (χ3n) is 2.98. The lowest BCUT2D eigenvalue weighted by Gasteiger charge is -2.33. The smallest absolute Gasteiger partial charge is 0.240 e. The Kier molecular flexibility index (Phi) is 2.77. The molecule has 2 rings (SSSR count). The first-order valence-corrected chi connectivity index (χ1v) is 6.67. The number of carbonyl (C=O) groups excluding carboxylic acids is 1. The molecule has 0 atom stereocenters. The monoisotopic (exact) mass is 249 g/mol. The topological polar surface area (TPSA) is 29.1 Å². The van der Waals surface area contributed by atoms with Crippen molar-refractivity contribution < 1.29 is 4.79 Å². The highest BCUT2D eigenvalue weighted by molar-refractivity contribution is 8.01. The number of anilines is 1. The van der Waals surface area contributed by atoms with Gasteiger partial charge in [-0.3, -0.25) is 4.79 Å². The van der Waals surface area contributed by atoms with Gasteiger partial charge in [0.1, 0.15) is 0 Å². The van der Waals surface area contributed by atoms with Crippen LogP contribution in [0.3, 0.4) is 0 Å². The van der Waals surface area contributed by atoms with Crippen molar-refractivity contribution in [3.05, 3.63) is 23.8 Å². The molecule has 0 radical (unpaired) electrons. The summed E-state index contributed by atoms with van der Waals surface area (Å²) in [5, 5.41) is 3.07. The van der Waals surface area contributed by atoms with Gasteiger partial charge in [-0.25, -0.2) is 0 Å². The third kappa shape index (κ3) is 2.21. The minimum Gasteiger partial charge on any atom is -0.324 e. The van der Waals surface area contributed by atoms with Gasteiger partial charge in [-0.1, -0.05) is 32.9 Å². The lowest BCUT2D eigenvalue weighted by Crippen LogP contribution is -2.38. The Bertz CT molecular complexity index is 472. The fourth-order valence-corrected chi connectivity index (χ4v) is 3.06. The van der Waals surface area contributed by atoms with Crippen LogP contribution in [-0.4, -0.2) is 10.7 Å². The summed E-state index contributed by atoms with van der Waals surface area (Å²) >= 11 is 1.64. The summed E-state index contributed by atoms with van der Waals surface area (Å²) in [6.45, 7) is 10.4. The fraction of sp³-hybridized carbons (Fsp3) is 0.500. The van der Waals surface area contributed by atoms with Gasteiger partial charge in [-0.2, -0.15) is 0 Å². The van der Waals surface area contributed by atoms with E-state index in [1.165, 1.54) is 10.5 Å². The van der Waals surface area contributed by atoms with Crippen LogP contribution in [0.4, 0.5) is 5.69 Å². The van der Waals surface area contributed by atoms with Crippen molar-refractivity contribution >= 4 is 23.4 Å². The normalized spacial score (nSPS) is 18.5. The minimum absolute atomic E-state index is 0.0423. The molecule has 1 aromatic carbocycles. The molecule has 92 valence electrons. The number of rotatable bonds is 0. The molecule has 0 saturated carbocycles. The maximum absolute atomic E-state index is 12.0. The van der Waals surface area contributed by atoms with Gasteiger partial charge in [-0.15, -0.1) is 11.8 Å². The first-order chi connectivity index (χ1) is 7.72. The second kappa shape index (κ2) is 3.77. The second-order valence-electron chi connectivity index (χ2n) is 6.00. The van der Waals surface area contributed by atoms with Gasteiger partial charge in [0, 0.05) is 4.90 Å². The van der Waals surface area contributed by atoms with Gasteiger partial charge in [-0.05, 0) is 30.9 Å². The summed E-state index contributed by atoms with van der Waals surface area (Å²) in [4.78, 5) is 13.2. The Hall–Kier alpha value is -0.960. The van der Waals surface area contributed by atoms with Crippen molar-refractivity contribution in [2.24, 2.45) is 0 Å². The number of amides is 1. The van der Waals surface area contributed by atoms with E-state index in [4.69, 9.17) is 0 Å². The van der Waals surface area contributed by atoms with Crippen molar-refractivity contribution in [2.75, 3.05) is 5.32 Å². The lowest BCUT2D eigenvalue weighted by atomic mass is 9.85. The molecule has 1 aliphatic rings. The van der Waals surface area contributed by atoms with Crippen LogP contribution in [0.15, 0.2) is 23.1 Å². The van der Waals surface area contributed by atoms with E-state index < -0.39 is 0 Å². The van der Waals surface area contributed by atoms with Crippen molar-refractivity contribution in [2.45, 2.75) is 49.7 Å². The van der Waals surface area contributed by atoms with Crippen LogP contribution in [0.5, 0.6) is 0 Å². The number of benzene rings is 1. The number of hydrogen-bond acceptors (Lipinski definition) is 2. The molecule has 0 spiro atoms. The summed E-state index contributed by atoms with van der Waals surface area (Å²) in [5.41, 5.74) is 2.24. The molecule has 0 unspecified atom stereocenters. The Balaban J connectivity index is 2.55. The van der Waals surface area contributed by atoms with E-state index in [9.17, 15) is 4.79 Å². The fourth-order valence-electron chi connectivity index (χ4n) is 1.96. The maximum Gasteiger partial charge on any atom is 0.240 e. The third-order valence-corrected chi connectivity index (χ3v) is 4.24. The average Bonchev–Trinajstić information content (AvgIpc) is 2.16. The highest BCUT2D eigenvalue weighted by atomic mass is 32.2. The zero-order valence-electron chi connectivity index (χ0n) is 11.0. The van der Waals surface area contributed by atoms with Crippen LogP contribution in [0, 0.1) is 0 Å². The molecular weight excluding hydrogens is 230 g/mol. The van der Waals surface area contributed by atoms with Crippen LogP contribution >= 0.6 is 11.8 Å². The van der Waals surface area contributed by atoms with Crippen LogP contribution in [0.2, 0.25) is 0 Å². The predicted molar refractivity (Wildman–Crippen MR) is 73.7 cm³/mol. The van der Waals surface area contributed by atoms with E-state index in [1.54, 1.807) is 11.8 Å². The van der Waals surface area contributed by atoms with E-state index in [-0.39, 0.29) is 16.1 Å². The summed E-state index contributed by atoms with van der Waals surface area (Å²) in [5.74, 6) is 0.0895. The summed E-state index contributed by atoms with van der Waals surface area (Å²) < 4.78 is -0.385. The number of carbonyl (C=O) groups is 1. The van der Waals surface area contributed by atoms with E-state index in [0.717, 1.165) is 5.69 Å². The zero-order valence-corrected chi connectivity index (χ0v) is 11.9. The molecule has 17 heavy (non-hydrogen) atoms. The van der Waals surface area contributed by atoms with Crippen LogP contribution < -0.4 is 5.32 Å². The number of hydrogen-bond donors (Lipinski definition) is 1. The van der Waals surface area contributed by atoms with Gasteiger partial charge in [0.15, 0.2) is 0 Å². The highest BCUT2D eigenvalue weighted by Crippen LogP contribution is 2.45. The molecule has 1 amide bonds. The molecule has 0 aliphatic carbocycles. The molecule has 0 saturated heterocycles. The molecule has 1 aliphatic heterocycles. The molecular formula is C14H19NOS. The SMILES string of the molecule is CC1(C)Sc2cccc(C(C)(C)C)c2NC1=O. The highest BCUT2D eigenvalue weighted by Gasteiger charge is 2.36. The molecule has 2 nitrogen and oxygen atoms in total. The van der Waals surface area contributed by atoms with Crippen molar-refractivity contribution in [1.82, 2.24) is 0 Å². The Morgan fingerprint density at radius 2 is 1.88 bits per heavy atom. The molecule has 0 aromatic heterocycles. The number of thioether (sulfide) groups is 1. The largest absolute Gasteiger partial charge is 0.324 e. The Morgan fingerprint density at radius 1 is 1.24 bits per heavy atom. The maximum atomic E-state index is 12.0. The first kappa shape index (κ1) is 12.5. The molecule has 1 aromatic rings. The number of nitrogens with one attached hydrogen (secondary N) is 1. The standard InChI is InChI=1S/C14H19NOS/c1-13(2,3)9-7-6-8-10-11(9)15-12(16)14(4,5)17-10/h6-8H,1-5H3,(H,15,16). The molecule has 0 fully saturated rings. The van der Waals surface area contributed by atoms with E-state index in [1.807, 2.05) is 13.8 Å². The van der Waals surface area contributed by atoms with Crippen LogP contribution in [0.25, 0.3) is 0 Å². The predicted octanol–water partition coefficient (Wildman–Crippen LogP) is 3.81. The quantitative estimate of drug-likeness (QED) is 0.757. The van der Waals surface area contributed by atoms with Gasteiger partial charge >= 0.3 is 0 Å². The van der Waals surface area contributed by atoms with E-state index >= 15 is 0 Å². The van der Waals surface area contributed by atoms with E-state index in [0.29, 0.717) is 0 Å². The van der Waals surface area contributed by atoms with Crippen LogP contribution in [-0.2, 0) is 10.2 Å². The summed E-state index contributed by atoms with van der Waals surface area (Å²) in [6, 6.07) is 6.24. The van der Waals surface area contributed by atoms with Gasteiger partial charge < -0.3 is 5.32 Å². The van der Waals surface area contributed by atoms with Crippen LogP contribution in [0.1, 0.15) is 40.2 Å². The zero-order chi connectivity index (χ0) is 12.8. The first-order valence-electron chi connectivity index (χ1n) is 5.86. The van der Waals surface area contributed by atoms with Gasteiger partial charge in [0.2, 0.25) is 5.91 Å². The van der Waals surface area contributed by atoms with Crippen molar-refractivity contribution in [3.8, 4) is 0 Å². The lowest BCUT2D eigenvalue weighted by molar-refractivity contribution is -0.117. The van der Waals surface area contributed by atoms with E-state index in [2.05, 4.69) is 44.3 Å². The minimum atomic E-state index is -0.385. The molecule has 1 heterocycles. The van der Waals surface area contributed by atoms with Gasteiger partial charge in [0.25, 0.3) is 0 Å². The summed E-state index contributed by atoms with van der Waals surface area (Å²) in [7, 11) is 0. The van der Waals surface area contributed by atoms with Crippen molar-refractivity contribution in [1.29, 1.82) is 0 Å². The number of para-hydroxylation sites is 1. The second-order valence-corrected chi connectivity index (χ2v) is 7.66. The van der Waals surface area contributed by atoms with Crippen molar-refractivity contribution in [3.63, 3.8) is 0 Å². The Morgan fingerprint density at radius 3 is 2.47 bits per heavy atom. The molecule has 3 heteroatoms. The number of fused-ring (bicyclic) bond motifs is 1. The Labute approximate surface area is 107 Å². The summed E-state index contributed by atoms with van der Waals surface area (Å²) in [6.07, 6.45) is 0. The van der Waals surface area contributed by atoms with Gasteiger partial charge in [0.05, 0.1) is 10.4 Å². The molecule has 0 bridgehead atoms. The molecule has 1 N–H and O–H groups in total. The average molecular weight is 249 g/mol.